The molecule has 1 saturated heterocycles. The number of carbonyl (C=O) groups is 1. The molecule has 28 heavy (non-hydrogen) atoms. The molecule has 2 amide bonds. The number of hydrogen-bond donors (Lipinski definition) is 2. The van der Waals surface area contributed by atoms with Gasteiger partial charge in [0.25, 0.3) is 0 Å². The van der Waals surface area contributed by atoms with E-state index in [-0.39, 0.29) is 6.03 Å². The summed E-state index contributed by atoms with van der Waals surface area (Å²) in [7, 11) is 0. The fourth-order valence-electron chi connectivity index (χ4n) is 3.84. The van der Waals surface area contributed by atoms with Crippen molar-refractivity contribution >= 4 is 23.5 Å². The lowest BCUT2D eigenvalue weighted by atomic mass is 9.96. The topological polar surface area (TPSA) is 86.3 Å². The summed E-state index contributed by atoms with van der Waals surface area (Å²) in [5.41, 5.74) is 0.716. The van der Waals surface area contributed by atoms with E-state index in [0.29, 0.717) is 11.7 Å². The van der Waals surface area contributed by atoms with Gasteiger partial charge in [-0.2, -0.15) is 0 Å². The molecule has 8 heteroatoms. The second-order valence-corrected chi connectivity index (χ2v) is 7.36. The number of pyridine rings is 1. The van der Waals surface area contributed by atoms with Gasteiger partial charge in [-0.3, -0.25) is 0 Å². The molecule has 148 valence electrons. The van der Waals surface area contributed by atoms with Crippen molar-refractivity contribution in [3.05, 3.63) is 36.8 Å². The molecule has 1 aliphatic carbocycles. The normalized spacial score (nSPS) is 18.0. The molecule has 2 aliphatic rings. The molecule has 4 rings (SSSR count). The van der Waals surface area contributed by atoms with Crippen LogP contribution in [0.5, 0.6) is 0 Å². The molecule has 0 spiro atoms. The molecule has 0 atom stereocenters. The van der Waals surface area contributed by atoms with Crippen LogP contribution in [0, 0.1) is 0 Å². The maximum absolute atomic E-state index is 12.2. The van der Waals surface area contributed by atoms with Gasteiger partial charge in [0.05, 0.1) is 11.9 Å². The van der Waals surface area contributed by atoms with E-state index in [1.165, 1.54) is 19.3 Å². The Balaban J connectivity index is 1.27. The van der Waals surface area contributed by atoms with Crippen molar-refractivity contribution in [2.45, 2.75) is 38.1 Å². The van der Waals surface area contributed by atoms with Crippen molar-refractivity contribution in [1.82, 2.24) is 20.3 Å². The molecule has 2 fully saturated rings. The van der Waals surface area contributed by atoms with Crippen LogP contribution in [0.4, 0.5) is 22.2 Å². The zero-order chi connectivity index (χ0) is 19.2. The Kier molecular flexibility index (Phi) is 5.84. The van der Waals surface area contributed by atoms with Gasteiger partial charge in [0.2, 0.25) is 5.95 Å². The van der Waals surface area contributed by atoms with E-state index in [9.17, 15) is 4.79 Å². The van der Waals surface area contributed by atoms with Crippen LogP contribution in [0.1, 0.15) is 32.1 Å². The van der Waals surface area contributed by atoms with Gasteiger partial charge >= 0.3 is 6.03 Å². The van der Waals surface area contributed by atoms with Crippen LogP contribution in [0.2, 0.25) is 0 Å². The lowest BCUT2D eigenvalue weighted by molar-refractivity contribution is 0.244. The molecule has 1 aliphatic heterocycles. The van der Waals surface area contributed by atoms with E-state index < -0.39 is 0 Å². The number of hydrogen-bond acceptors (Lipinski definition) is 6. The van der Waals surface area contributed by atoms with Crippen LogP contribution in [0.15, 0.2) is 36.8 Å². The predicted octanol–water partition coefficient (Wildman–Crippen LogP) is 2.65. The van der Waals surface area contributed by atoms with Crippen LogP contribution in [0.3, 0.4) is 0 Å². The molecule has 8 nitrogen and oxygen atoms in total. The minimum absolute atomic E-state index is 0.141. The van der Waals surface area contributed by atoms with Gasteiger partial charge in [-0.05, 0) is 31.0 Å². The maximum Gasteiger partial charge on any atom is 0.319 e. The summed E-state index contributed by atoms with van der Waals surface area (Å²) >= 11 is 0. The molecule has 0 unspecified atom stereocenters. The predicted molar refractivity (Wildman–Crippen MR) is 110 cm³/mol. The maximum atomic E-state index is 12.2. The fourth-order valence-corrected chi connectivity index (χ4v) is 3.84. The fraction of sp³-hybridized carbons (Fsp3) is 0.500. The molecule has 1 saturated carbocycles. The quantitative estimate of drug-likeness (QED) is 0.847. The second kappa shape index (κ2) is 8.86. The molecule has 2 aromatic heterocycles. The van der Waals surface area contributed by atoms with E-state index in [1.54, 1.807) is 18.6 Å². The van der Waals surface area contributed by atoms with E-state index >= 15 is 0 Å². The Morgan fingerprint density at radius 1 is 0.929 bits per heavy atom. The lowest BCUT2D eigenvalue weighted by Crippen LogP contribution is -2.47. The first-order valence-corrected chi connectivity index (χ1v) is 10.1. The number of nitrogens with one attached hydrogen (secondary N) is 2. The summed E-state index contributed by atoms with van der Waals surface area (Å²) in [5, 5.41) is 5.95. The average Bonchev–Trinajstić information content (AvgIpc) is 2.76. The Bertz CT molecular complexity index is 754. The monoisotopic (exact) mass is 381 g/mol. The second-order valence-electron chi connectivity index (χ2n) is 7.36. The summed E-state index contributed by atoms with van der Waals surface area (Å²) in [6.07, 6.45) is 11.1. The molecule has 0 radical (unpaired) electrons. The number of nitrogens with zero attached hydrogens (tertiary/aromatic N) is 5. The van der Waals surface area contributed by atoms with E-state index in [0.717, 1.165) is 50.8 Å². The Morgan fingerprint density at radius 3 is 2.32 bits per heavy atom. The summed E-state index contributed by atoms with van der Waals surface area (Å²) in [5.74, 6) is 1.70. The molecule has 0 bridgehead atoms. The number of aromatic nitrogens is 3. The van der Waals surface area contributed by atoms with E-state index in [1.807, 2.05) is 18.2 Å². The first-order chi connectivity index (χ1) is 13.8. The number of anilines is 3. The van der Waals surface area contributed by atoms with E-state index in [2.05, 4.69) is 35.4 Å². The third-order valence-electron chi connectivity index (χ3n) is 5.38. The zero-order valence-corrected chi connectivity index (χ0v) is 16.0. The van der Waals surface area contributed by atoms with Gasteiger partial charge in [-0.25, -0.2) is 19.7 Å². The molecule has 2 N–H and O–H groups in total. The summed E-state index contributed by atoms with van der Waals surface area (Å²) in [4.78, 5) is 29.7. The van der Waals surface area contributed by atoms with E-state index in [4.69, 9.17) is 0 Å². The summed E-state index contributed by atoms with van der Waals surface area (Å²) in [6.45, 7) is 3.44. The number of carbonyl (C=O) groups excluding carboxylic acids is 1. The largest absolute Gasteiger partial charge is 0.353 e. The van der Waals surface area contributed by atoms with Crippen LogP contribution >= 0.6 is 0 Å². The molecule has 3 heterocycles. The Hall–Kier alpha value is -2.90. The van der Waals surface area contributed by atoms with Gasteiger partial charge < -0.3 is 20.4 Å². The zero-order valence-electron chi connectivity index (χ0n) is 16.0. The highest BCUT2D eigenvalue weighted by Crippen LogP contribution is 2.19. The number of rotatable bonds is 4. The molecule has 0 aromatic carbocycles. The Morgan fingerprint density at radius 2 is 1.64 bits per heavy atom. The van der Waals surface area contributed by atoms with Gasteiger partial charge in [0, 0.05) is 44.6 Å². The van der Waals surface area contributed by atoms with Crippen LogP contribution in [0.25, 0.3) is 0 Å². The van der Waals surface area contributed by atoms with Crippen molar-refractivity contribution in [3.63, 3.8) is 0 Å². The molecule has 2 aromatic rings. The van der Waals surface area contributed by atoms with Gasteiger partial charge in [-0.15, -0.1) is 0 Å². The third-order valence-corrected chi connectivity index (χ3v) is 5.38. The lowest BCUT2D eigenvalue weighted by Gasteiger charge is -2.35. The number of amides is 2. The third kappa shape index (κ3) is 4.68. The highest BCUT2D eigenvalue weighted by Gasteiger charge is 2.20. The van der Waals surface area contributed by atoms with Crippen LogP contribution in [-0.4, -0.2) is 53.2 Å². The van der Waals surface area contributed by atoms with Crippen molar-refractivity contribution in [3.8, 4) is 0 Å². The number of piperazine rings is 1. The minimum atomic E-state index is -0.141. The number of urea groups is 1. The summed E-state index contributed by atoms with van der Waals surface area (Å²) in [6, 6.07) is 5.86. The first kappa shape index (κ1) is 18.5. The van der Waals surface area contributed by atoms with Crippen molar-refractivity contribution in [2.75, 3.05) is 41.3 Å². The Labute approximate surface area is 165 Å². The smallest absolute Gasteiger partial charge is 0.319 e. The van der Waals surface area contributed by atoms with Crippen LogP contribution in [-0.2, 0) is 0 Å². The SMILES string of the molecule is O=C(Nc1ccc(N2CCN(c3ncccn3)CC2)nc1)NC1CCCCC1. The van der Waals surface area contributed by atoms with Gasteiger partial charge in [0.15, 0.2) is 0 Å². The van der Waals surface area contributed by atoms with Crippen molar-refractivity contribution < 1.29 is 4.79 Å². The standard InChI is InChI=1S/C20H27N7O/c28-20(24-16-5-2-1-3-6-16)25-17-7-8-18(23-15-17)26-11-13-27(14-12-26)19-21-9-4-10-22-19/h4,7-10,15-16H,1-3,5-6,11-14H2,(H2,24,25,28). The highest BCUT2D eigenvalue weighted by atomic mass is 16.2. The van der Waals surface area contributed by atoms with Crippen LogP contribution < -0.4 is 20.4 Å². The first-order valence-electron chi connectivity index (χ1n) is 10.1. The minimum Gasteiger partial charge on any atom is -0.353 e. The molecular weight excluding hydrogens is 354 g/mol. The van der Waals surface area contributed by atoms with Crippen molar-refractivity contribution in [2.24, 2.45) is 0 Å². The highest BCUT2D eigenvalue weighted by molar-refractivity contribution is 5.89. The summed E-state index contributed by atoms with van der Waals surface area (Å²) < 4.78 is 0. The van der Waals surface area contributed by atoms with Crippen molar-refractivity contribution in [1.29, 1.82) is 0 Å². The van der Waals surface area contributed by atoms with Gasteiger partial charge in [0.1, 0.15) is 5.82 Å². The van der Waals surface area contributed by atoms with Gasteiger partial charge in [-0.1, -0.05) is 19.3 Å². The molecular formula is C20H27N7O. The average molecular weight is 381 g/mol.